The number of fused-ring (bicyclic) bond motifs is 1. The molecule has 1 heterocycles. The van der Waals surface area contributed by atoms with Crippen molar-refractivity contribution in [3.63, 3.8) is 0 Å². The first-order valence-electron chi connectivity index (χ1n) is 10.1. The summed E-state index contributed by atoms with van der Waals surface area (Å²) in [5.74, 6) is 5.42. The van der Waals surface area contributed by atoms with Gasteiger partial charge in [0.1, 0.15) is 0 Å². The van der Waals surface area contributed by atoms with Crippen LogP contribution in [0.5, 0.6) is 0 Å². The van der Waals surface area contributed by atoms with E-state index in [-0.39, 0.29) is 35.9 Å². The molecule has 0 radical (unpaired) electrons. The molecule has 152 valence electrons. The maximum atomic E-state index is 10.6. The predicted octanol–water partition coefficient (Wildman–Crippen LogP) is 3.14. The Bertz CT molecular complexity index is 585. The number of carbonyl (C=O) groups is 1. The highest BCUT2D eigenvalue weighted by Crippen LogP contribution is 2.45. The highest BCUT2D eigenvalue weighted by Gasteiger charge is 2.47. The molecule has 1 aliphatic heterocycles. The maximum Gasteiger partial charge on any atom is 0.303 e. The summed E-state index contributed by atoms with van der Waals surface area (Å²) in [7, 11) is 0. The molecule has 2 aliphatic rings. The second-order valence-electron chi connectivity index (χ2n) is 8.64. The largest absolute Gasteiger partial charge is 0.481 e. The highest BCUT2D eigenvalue weighted by atomic mass is 16.5. The average Bonchev–Trinajstić information content (AvgIpc) is 3.11. The van der Waals surface area contributed by atoms with Crippen LogP contribution in [0, 0.1) is 29.1 Å². The van der Waals surface area contributed by atoms with E-state index in [4.69, 9.17) is 9.84 Å². The van der Waals surface area contributed by atoms with Gasteiger partial charge in [0.25, 0.3) is 0 Å². The van der Waals surface area contributed by atoms with E-state index in [0.29, 0.717) is 19.3 Å². The first-order valence-corrected chi connectivity index (χ1v) is 10.1. The summed E-state index contributed by atoms with van der Waals surface area (Å²) in [4.78, 5) is 10.6. The van der Waals surface area contributed by atoms with Gasteiger partial charge >= 0.3 is 5.97 Å². The van der Waals surface area contributed by atoms with Crippen molar-refractivity contribution in [3.05, 3.63) is 12.2 Å². The van der Waals surface area contributed by atoms with Crippen LogP contribution in [0.15, 0.2) is 12.2 Å². The number of aliphatic hydroxyl groups is 2. The molecule has 27 heavy (non-hydrogen) atoms. The number of hydrogen-bond donors (Lipinski definition) is 3. The molecule has 0 bridgehead atoms. The van der Waals surface area contributed by atoms with Crippen molar-refractivity contribution in [3.8, 4) is 11.8 Å². The van der Waals surface area contributed by atoms with Gasteiger partial charge in [-0.2, -0.15) is 0 Å². The lowest BCUT2D eigenvalue weighted by atomic mass is 9.82. The number of ether oxygens (including phenoxy) is 1. The van der Waals surface area contributed by atoms with Gasteiger partial charge in [0, 0.05) is 30.6 Å². The highest BCUT2D eigenvalue weighted by molar-refractivity contribution is 5.66. The Morgan fingerprint density at radius 1 is 1.33 bits per heavy atom. The van der Waals surface area contributed by atoms with Crippen molar-refractivity contribution in [2.75, 3.05) is 0 Å². The van der Waals surface area contributed by atoms with Gasteiger partial charge in [0.05, 0.1) is 24.4 Å². The molecule has 3 N–H and O–H groups in total. The van der Waals surface area contributed by atoms with Gasteiger partial charge < -0.3 is 20.1 Å². The first kappa shape index (κ1) is 21.9. The summed E-state index contributed by atoms with van der Waals surface area (Å²) in [5, 5.41) is 29.6. The number of unbranched alkanes of at least 4 members (excludes halogenated alkanes) is 1. The van der Waals surface area contributed by atoms with Crippen molar-refractivity contribution < 1.29 is 24.9 Å². The monoisotopic (exact) mass is 378 g/mol. The van der Waals surface area contributed by atoms with E-state index in [2.05, 4.69) is 11.8 Å². The van der Waals surface area contributed by atoms with Gasteiger partial charge in [-0.15, -0.1) is 11.8 Å². The number of rotatable bonds is 9. The van der Waals surface area contributed by atoms with Gasteiger partial charge in [-0.1, -0.05) is 32.4 Å². The van der Waals surface area contributed by atoms with Crippen molar-refractivity contribution in [2.24, 2.45) is 17.3 Å². The Morgan fingerprint density at radius 3 is 2.74 bits per heavy atom. The third-order valence-corrected chi connectivity index (χ3v) is 6.00. The number of hydrogen-bond acceptors (Lipinski definition) is 4. The van der Waals surface area contributed by atoms with Crippen LogP contribution in [-0.2, 0) is 9.53 Å². The number of carboxylic acids is 1. The van der Waals surface area contributed by atoms with E-state index in [9.17, 15) is 15.0 Å². The SMILES string of the molecule is CC#CCC(C)(C)[C@H](O)/C=C/[C@@H]1[C@H]2C[C@H](CCCCC(=O)O)O[C@H]2C[C@H]1O. The number of aliphatic hydroxyl groups excluding tert-OH is 2. The lowest BCUT2D eigenvalue weighted by Crippen LogP contribution is -2.28. The fourth-order valence-electron chi connectivity index (χ4n) is 4.19. The van der Waals surface area contributed by atoms with Crippen LogP contribution in [0.1, 0.15) is 65.7 Å². The molecule has 5 heteroatoms. The van der Waals surface area contributed by atoms with Gasteiger partial charge in [0.2, 0.25) is 0 Å². The smallest absolute Gasteiger partial charge is 0.303 e. The van der Waals surface area contributed by atoms with E-state index in [0.717, 1.165) is 19.3 Å². The molecule has 0 unspecified atom stereocenters. The third kappa shape index (κ3) is 6.07. The van der Waals surface area contributed by atoms with Crippen LogP contribution in [-0.4, -0.2) is 45.7 Å². The number of aliphatic carboxylic acids is 1. The second kappa shape index (κ2) is 9.73. The Labute approximate surface area is 162 Å². The molecule has 2 fully saturated rings. The summed E-state index contributed by atoms with van der Waals surface area (Å²) < 4.78 is 6.10. The molecule has 1 saturated carbocycles. The topological polar surface area (TPSA) is 87.0 Å². The molecule has 1 aliphatic carbocycles. The quantitative estimate of drug-likeness (QED) is 0.326. The molecule has 0 aromatic carbocycles. The Kier molecular flexibility index (Phi) is 7.91. The standard InChI is InChI=1S/C22H34O5/c1-4-5-12-22(2,3)20(24)11-10-16-17-13-15(8-6-7-9-21(25)26)27-19(17)14-18(16)23/h10-11,15-20,23-24H,6-9,12-14H2,1-3H3,(H,25,26)/b11-10+/t15-,16+,17+,18+,19-,20+/m0/s1. The van der Waals surface area contributed by atoms with Gasteiger partial charge in [-0.3, -0.25) is 4.79 Å². The van der Waals surface area contributed by atoms with Crippen molar-refractivity contribution in [1.29, 1.82) is 0 Å². The summed E-state index contributed by atoms with van der Waals surface area (Å²) in [6, 6.07) is 0. The van der Waals surface area contributed by atoms with Gasteiger partial charge in [0.15, 0.2) is 0 Å². The predicted molar refractivity (Wildman–Crippen MR) is 104 cm³/mol. The Hall–Kier alpha value is -1.35. The molecule has 0 aromatic rings. The van der Waals surface area contributed by atoms with E-state index in [1.54, 1.807) is 6.92 Å². The lowest BCUT2D eigenvalue weighted by molar-refractivity contribution is -0.137. The zero-order valence-electron chi connectivity index (χ0n) is 16.7. The fraction of sp³-hybridized carbons (Fsp3) is 0.773. The zero-order chi connectivity index (χ0) is 20.0. The van der Waals surface area contributed by atoms with Crippen molar-refractivity contribution in [2.45, 2.75) is 90.1 Å². The van der Waals surface area contributed by atoms with Crippen LogP contribution in [0.2, 0.25) is 0 Å². The van der Waals surface area contributed by atoms with E-state index in [1.807, 2.05) is 26.0 Å². The molecule has 0 spiro atoms. The van der Waals surface area contributed by atoms with Crippen LogP contribution in [0.3, 0.4) is 0 Å². The minimum Gasteiger partial charge on any atom is -0.481 e. The maximum absolute atomic E-state index is 10.6. The van der Waals surface area contributed by atoms with Crippen LogP contribution in [0.25, 0.3) is 0 Å². The minimum absolute atomic E-state index is 0.00160. The number of carboxylic acid groups (broad SMARTS) is 1. The molecule has 2 rings (SSSR count). The lowest BCUT2D eigenvalue weighted by Gasteiger charge is -2.27. The van der Waals surface area contributed by atoms with Crippen LogP contribution >= 0.6 is 0 Å². The molecule has 0 aromatic heterocycles. The molecular formula is C22H34O5. The Balaban J connectivity index is 1.88. The Morgan fingerprint density at radius 2 is 2.07 bits per heavy atom. The van der Waals surface area contributed by atoms with Crippen molar-refractivity contribution in [1.82, 2.24) is 0 Å². The van der Waals surface area contributed by atoms with Crippen LogP contribution in [0.4, 0.5) is 0 Å². The third-order valence-electron chi connectivity index (χ3n) is 6.00. The zero-order valence-corrected chi connectivity index (χ0v) is 16.7. The fourth-order valence-corrected chi connectivity index (χ4v) is 4.19. The first-order chi connectivity index (χ1) is 12.7. The summed E-state index contributed by atoms with van der Waals surface area (Å²) >= 11 is 0. The normalized spacial score (nSPS) is 31.5. The molecular weight excluding hydrogens is 344 g/mol. The molecule has 1 saturated heterocycles. The van der Waals surface area contributed by atoms with Gasteiger partial charge in [-0.25, -0.2) is 0 Å². The minimum atomic E-state index is -0.751. The summed E-state index contributed by atoms with van der Waals surface area (Å²) in [5.41, 5.74) is -0.332. The van der Waals surface area contributed by atoms with Crippen molar-refractivity contribution >= 4 is 5.97 Å². The van der Waals surface area contributed by atoms with E-state index < -0.39 is 18.2 Å². The second-order valence-corrected chi connectivity index (χ2v) is 8.64. The molecule has 6 atom stereocenters. The van der Waals surface area contributed by atoms with Crippen LogP contribution < -0.4 is 0 Å². The summed E-state index contributed by atoms with van der Waals surface area (Å²) in [6.45, 7) is 5.78. The average molecular weight is 379 g/mol. The summed E-state index contributed by atoms with van der Waals surface area (Å²) in [6.07, 6.45) is 7.71. The molecule has 0 amide bonds. The molecule has 5 nitrogen and oxygen atoms in total. The van der Waals surface area contributed by atoms with Gasteiger partial charge in [-0.05, 0) is 32.1 Å². The van der Waals surface area contributed by atoms with E-state index in [1.165, 1.54) is 0 Å². The van der Waals surface area contributed by atoms with E-state index >= 15 is 0 Å².